The molecule has 2 rings (SSSR count). The number of hydrogen-bond acceptors (Lipinski definition) is 4. The summed E-state index contributed by atoms with van der Waals surface area (Å²) in [5, 5.41) is 3.39. The highest BCUT2D eigenvalue weighted by atomic mass is 32.2. The van der Waals surface area contributed by atoms with E-state index in [1.165, 1.54) is 6.26 Å². The van der Waals surface area contributed by atoms with Gasteiger partial charge in [-0.15, -0.1) is 0 Å². The molecular weight excluding hydrogens is 228 g/mol. The summed E-state index contributed by atoms with van der Waals surface area (Å²) >= 11 is 0. The Hall–Kier alpha value is -0.170. The maximum Gasteiger partial charge on any atom is 0.211 e. The Balaban J connectivity index is 1.84. The zero-order chi connectivity index (χ0) is 11.6. The van der Waals surface area contributed by atoms with Gasteiger partial charge in [-0.3, -0.25) is 0 Å². The number of nitrogens with zero attached hydrogens (tertiary/aromatic N) is 1. The first-order valence-electron chi connectivity index (χ1n) is 5.85. The molecular formula is C10H20N2O3S. The molecule has 1 N–H and O–H groups in total. The summed E-state index contributed by atoms with van der Waals surface area (Å²) in [6.07, 6.45) is 4.27. The third kappa shape index (κ3) is 2.94. The van der Waals surface area contributed by atoms with Crippen LogP contribution in [0.5, 0.6) is 0 Å². The molecule has 5 nitrogen and oxygen atoms in total. The molecule has 2 saturated heterocycles. The third-order valence-electron chi connectivity index (χ3n) is 3.32. The molecule has 0 aromatic heterocycles. The fourth-order valence-corrected chi connectivity index (χ4v) is 3.63. The maximum absolute atomic E-state index is 11.5. The van der Waals surface area contributed by atoms with Crippen molar-refractivity contribution in [3.8, 4) is 0 Å². The average molecular weight is 248 g/mol. The molecule has 0 amide bonds. The predicted octanol–water partition coefficient (Wildman–Crippen LogP) is -0.211. The smallest absolute Gasteiger partial charge is 0.211 e. The molecule has 2 atom stereocenters. The van der Waals surface area contributed by atoms with E-state index in [4.69, 9.17) is 4.74 Å². The van der Waals surface area contributed by atoms with Crippen molar-refractivity contribution in [2.45, 2.75) is 31.3 Å². The van der Waals surface area contributed by atoms with Crippen molar-refractivity contribution in [2.75, 3.05) is 32.6 Å². The van der Waals surface area contributed by atoms with E-state index >= 15 is 0 Å². The van der Waals surface area contributed by atoms with Gasteiger partial charge in [0.15, 0.2) is 0 Å². The van der Waals surface area contributed by atoms with Crippen LogP contribution in [0, 0.1) is 0 Å². The van der Waals surface area contributed by atoms with E-state index in [9.17, 15) is 8.42 Å². The van der Waals surface area contributed by atoms with Gasteiger partial charge in [0.2, 0.25) is 10.0 Å². The van der Waals surface area contributed by atoms with Crippen molar-refractivity contribution >= 4 is 10.0 Å². The van der Waals surface area contributed by atoms with Crippen LogP contribution in [0.25, 0.3) is 0 Å². The Morgan fingerprint density at radius 2 is 2.25 bits per heavy atom. The highest BCUT2D eigenvalue weighted by Gasteiger charge is 2.31. The minimum absolute atomic E-state index is 0.135. The van der Waals surface area contributed by atoms with E-state index in [1.54, 1.807) is 4.31 Å². The maximum atomic E-state index is 11.5. The highest BCUT2D eigenvalue weighted by Crippen LogP contribution is 2.20. The largest absolute Gasteiger partial charge is 0.380 e. The minimum atomic E-state index is -3.04. The average Bonchev–Trinajstić information content (AvgIpc) is 2.85. The molecule has 16 heavy (non-hydrogen) atoms. The van der Waals surface area contributed by atoms with Crippen LogP contribution in [0.4, 0.5) is 0 Å². The van der Waals surface area contributed by atoms with Crippen molar-refractivity contribution in [1.29, 1.82) is 0 Å². The molecule has 0 saturated carbocycles. The van der Waals surface area contributed by atoms with Crippen LogP contribution in [-0.4, -0.2) is 57.4 Å². The number of nitrogens with one attached hydrogen (secondary N) is 1. The van der Waals surface area contributed by atoms with Gasteiger partial charge >= 0.3 is 0 Å². The summed E-state index contributed by atoms with van der Waals surface area (Å²) in [5.41, 5.74) is 0. The summed E-state index contributed by atoms with van der Waals surface area (Å²) in [6.45, 7) is 3.00. The lowest BCUT2D eigenvalue weighted by molar-refractivity contribution is 0.189. The van der Waals surface area contributed by atoms with E-state index in [1.807, 2.05) is 0 Å². The first kappa shape index (κ1) is 12.3. The van der Waals surface area contributed by atoms with E-state index in [0.717, 1.165) is 39.0 Å². The van der Waals surface area contributed by atoms with Crippen molar-refractivity contribution in [3.05, 3.63) is 0 Å². The monoisotopic (exact) mass is 248 g/mol. The number of sulfonamides is 1. The molecule has 2 fully saturated rings. The molecule has 2 aliphatic rings. The van der Waals surface area contributed by atoms with Crippen LogP contribution in [0.1, 0.15) is 19.3 Å². The second kappa shape index (κ2) is 5.00. The number of ether oxygens (including phenoxy) is 1. The first-order chi connectivity index (χ1) is 7.57. The van der Waals surface area contributed by atoms with Crippen molar-refractivity contribution in [3.63, 3.8) is 0 Å². The van der Waals surface area contributed by atoms with Gasteiger partial charge in [0.25, 0.3) is 0 Å². The Kier molecular flexibility index (Phi) is 3.84. The van der Waals surface area contributed by atoms with E-state index in [2.05, 4.69) is 5.32 Å². The second-order valence-corrected chi connectivity index (χ2v) is 6.57. The third-order valence-corrected chi connectivity index (χ3v) is 4.65. The Morgan fingerprint density at radius 1 is 1.44 bits per heavy atom. The summed E-state index contributed by atoms with van der Waals surface area (Å²) in [5.74, 6) is 0. The van der Waals surface area contributed by atoms with Crippen LogP contribution in [0.15, 0.2) is 0 Å². The minimum Gasteiger partial charge on any atom is -0.380 e. The Bertz CT molecular complexity index is 325. The molecule has 0 aliphatic carbocycles. The van der Waals surface area contributed by atoms with Crippen LogP contribution in [0.2, 0.25) is 0 Å². The Morgan fingerprint density at radius 3 is 2.88 bits per heavy atom. The van der Waals surface area contributed by atoms with Crippen molar-refractivity contribution < 1.29 is 13.2 Å². The van der Waals surface area contributed by atoms with Gasteiger partial charge in [-0.1, -0.05) is 0 Å². The zero-order valence-electron chi connectivity index (χ0n) is 9.68. The standard InChI is InChI=1S/C10H20N2O3S/c1-16(13,14)12-5-2-3-10(12)7-11-9-4-6-15-8-9/h9-11H,2-8H2,1H3/t9?,10-/m1/s1. The quantitative estimate of drug-likeness (QED) is 0.748. The lowest BCUT2D eigenvalue weighted by Crippen LogP contribution is -2.44. The number of hydrogen-bond donors (Lipinski definition) is 1. The lowest BCUT2D eigenvalue weighted by Gasteiger charge is -2.23. The fraction of sp³-hybridized carbons (Fsp3) is 1.00. The van der Waals surface area contributed by atoms with Gasteiger partial charge in [0, 0.05) is 31.8 Å². The van der Waals surface area contributed by atoms with Gasteiger partial charge in [-0.25, -0.2) is 8.42 Å². The van der Waals surface area contributed by atoms with Crippen LogP contribution < -0.4 is 5.32 Å². The summed E-state index contributed by atoms with van der Waals surface area (Å²) in [7, 11) is -3.04. The second-order valence-electron chi connectivity index (χ2n) is 4.64. The van der Waals surface area contributed by atoms with Gasteiger partial charge in [0.1, 0.15) is 0 Å². The molecule has 0 bridgehead atoms. The van der Waals surface area contributed by atoms with Gasteiger partial charge in [-0.05, 0) is 19.3 Å². The van der Waals surface area contributed by atoms with Crippen LogP contribution in [0.3, 0.4) is 0 Å². The molecule has 0 aromatic carbocycles. The molecule has 2 aliphatic heterocycles. The number of rotatable bonds is 4. The molecule has 6 heteroatoms. The van der Waals surface area contributed by atoms with Crippen LogP contribution in [-0.2, 0) is 14.8 Å². The molecule has 2 heterocycles. The molecule has 0 aromatic rings. The van der Waals surface area contributed by atoms with E-state index in [0.29, 0.717) is 12.6 Å². The van der Waals surface area contributed by atoms with Gasteiger partial charge in [-0.2, -0.15) is 4.31 Å². The van der Waals surface area contributed by atoms with Crippen molar-refractivity contribution in [2.24, 2.45) is 0 Å². The zero-order valence-corrected chi connectivity index (χ0v) is 10.5. The first-order valence-corrected chi connectivity index (χ1v) is 7.70. The lowest BCUT2D eigenvalue weighted by atomic mass is 10.2. The van der Waals surface area contributed by atoms with E-state index in [-0.39, 0.29) is 6.04 Å². The summed E-state index contributed by atoms with van der Waals surface area (Å²) in [6, 6.07) is 0.539. The summed E-state index contributed by atoms with van der Waals surface area (Å²) < 4.78 is 29.9. The highest BCUT2D eigenvalue weighted by molar-refractivity contribution is 7.88. The SMILES string of the molecule is CS(=O)(=O)N1CCC[C@@H]1CNC1CCOC1. The molecule has 1 unspecified atom stereocenters. The normalized spacial score (nSPS) is 32.3. The fourth-order valence-electron chi connectivity index (χ4n) is 2.45. The van der Waals surface area contributed by atoms with Crippen molar-refractivity contribution in [1.82, 2.24) is 9.62 Å². The summed E-state index contributed by atoms with van der Waals surface area (Å²) in [4.78, 5) is 0. The van der Waals surface area contributed by atoms with Crippen LogP contribution >= 0.6 is 0 Å². The Labute approximate surface area is 97.2 Å². The van der Waals surface area contributed by atoms with Gasteiger partial charge in [0.05, 0.1) is 12.9 Å². The molecule has 0 radical (unpaired) electrons. The topological polar surface area (TPSA) is 58.6 Å². The van der Waals surface area contributed by atoms with E-state index < -0.39 is 10.0 Å². The molecule has 0 spiro atoms. The molecule has 94 valence electrons. The predicted molar refractivity (Wildman–Crippen MR) is 61.8 cm³/mol. The van der Waals surface area contributed by atoms with Gasteiger partial charge < -0.3 is 10.1 Å².